The van der Waals surface area contributed by atoms with Gasteiger partial charge in [0.1, 0.15) is 0 Å². The maximum Gasteiger partial charge on any atom is 0.335 e. The molecule has 3 rings (SSSR count). The summed E-state index contributed by atoms with van der Waals surface area (Å²) in [6.45, 7) is 2.78. The molecule has 0 spiro atoms. The van der Waals surface area contributed by atoms with E-state index < -0.39 is 16.0 Å². The Labute approximate surface area is 176 Å². The van der Waals surface area contributed by atoms with Crippen LogP contribution in [-0.2, 0) is 14.8 Å². The summed E-state index contributed by atoms with van der Waals surface area (Å²) >= 11 is 0. The van der Waals surface area contributed by atoms with E-state index in [1.807, 2.05) is 0 Å². The number of nitrogens with zero attached hydrogens (tertiary/aromatic N) is 1. The van der Waals surface area contributed by atoms with Gasteiger partial charge in [-0.3, -0.25) is 4.79 Å². The summed E-state index contributed by atoms with van der Waals surface area (Å²) in [7, 11) is -3.59. The first kappa shape index (κ1) is 21.8. The Balaban J connectivity index is 1.66. The Morgan fingerprint density at radius 1 is 1.03 bits per heavy atom. The normalized spacial score (nSPS) is 14.8. The third-order valence-electron chi connectivity index (χ3n) is 5.02. The first-order chi connectivity index (χ1) is 14.3. The predicted molar refractivity (Wildman–Crippen MR) is 114 cm³/mol. The molecule has 30 heavy (non-hydrogen) atoms. The lowest BCUT2D eigenvalue weighted by atomic mass is 10.2. The number of sulfonamides is 1. The topological polar surface area (TPSA) is 116 Å². The minimum absolute atomic E-state index is 0.0467. The summed E-state index contributed by atoms with van der Waals surface area (Å²) < 4.78 is 27.3. The summed E-state index contributed by atoms with van der Waals surface area (Å²) in [4.78, 5) is 23.4. The van der Waals surface area contributed by atoms with Gasteiger partial charge in [-0.25, -0.2) is 13.2 Å². The first-order valence-electron chi connectivity index (χ1n) is 9.75. The number of aromatic carboxylic acids is 1. The number of benzene rings is 2. The van der Waals surface area contributed by atoms with Gasteiger partial charge in [-0.1, -0.05) is 12.5 Å². The fraction of sp³-hybridized carbons (Fsp3) is 0.333. The molecule has 1 aliphatic rings. The number of amides is 1. The van der Waals surface area contributed by atoms with Gasteiger partial charge >= 0.3 is 5.97 Å². The van der Waals surface area contributed by atoms with Crippen LogP contribution in [0, 0.1) is 6.92 Å². The number of carbonyl (C=O) groups excluding carboxylic acids is 1. The van der Waals surface area contributed by atoms with E-state index in [4.69, 9.17) is 5.11 Å². The van der Waals surface area contributed by atoms with Crippen LogP contribution in [0.1, 0.15) is 35.2 Å². The van der Waals surface area contributed by atoms with E-state index in [0.717, 1.165) is 24.8 Å². The molecule has 0 bridgehead atoms. The summed E-state index contributed by atoms with van der Waals surface area (Å²) in [6.07, 6.45) is 2.74. The molecule has 1 fully saturated rings. The number of anilines is 2. The third-order valence-corrected chi connectivity index (χ3v) is 6.92. The molecular formula is C21H25N3O5S. The zero-order valence-corrected chi connectivity index (χ0v) is 17.5. The molecule has 0 radical (unpaired) electrons. The SMILES string of the molecule is Cc1ccc(S(=O)(=O)N2CCCCC2)cc1NC(=O)CNc1ccc(C(=O)O)cc1. The van der Waals surface area contributed by atoms with Gasteiger partial charge in [-0.2, -0.15) is 4.31 Å². The molecule has 2 aromatic carbocycles. The minimum Gasteiger partial charge on any atom is -0.478 e. The van der Waals surface area contributed by atoms with E-state index >= 15 is 0 Å². The van der Waals surface area contributed by atoms with Gasteiger partial charge in [0.25, 0.3) is 0 Å². The van der Waals surface area contributed by atoms with Crippen molar-refractivity contribution >= 4 is 33.3 Å². The van der Waals surface area contributed by atoms with E-state index in [0.29, 0.717) is 24.5 Å². The van der Waals surface area contributed by atoms with Crippen LogP contribution < -0.4 is 10.6 Å². The molecule has 0 unspecified atom stereocenters. The lowest BCUT2D eigenvalue weighted by Crippen LogP contribution is -2.35. The van der Waals surface area contributed by atoms with E-state index in [9.17, 15) is 18.0 Å². The molecule has 1 amide bonds. The monoisotopic (exact) mass is 431 g/mol. The zero-order valence-electron chi connectivity index (χ0n) is 16.7. The molecule has 160 valence electrons. The highest BCUT2D eigenvalue weighted by molar-refractivity contribution is 7.89. The Morgan fingerprint density at radius 3 is 2.33 bits per heavy atom. The predicted octanol–water partition coefficient (Wildman–Crippen LogP) is 2.92. The maximum atomic E-state index is 12.9. The highest BCUT2D eigenvalue weighted by Crippen LogP contribution is 2.25. The van der Waals surface area contributed by atoms with Crippen molar-refractivity contribution in [1.29, 1.82) is 0 Å². The number of carbonyl (C=O) groups is 2. The number of hydrogen-bond donors (Lipinski definition) is 3. The molecule has 1 aliphatic heterocycles. The fourth-order valence-corrected chi connectivity index (χ4v) is 4.80. The summed E-state index contributed by atoms with van der Waals surface area (Å²) in [5, 5.41) is 14.6. The number of carboxylic acids is 1. The Kier molecular flexibility index (Phi) is 6.73. The second-order valence-corrected chi connectivity index (χ2v) is 9.16. The third kappa shape index (κ3) is 5.17. The molecule has 9 heteroatoms. The number of aryl methyl sites for hydroxylation is 1. The number of hydrogen-bond acceptors (Lipinski definition) is 5. The number of nitrogens with one attached hydrogen (secondary N) is 2. The lowest BCUT2D eigenvalue weighted by molar-refractivity contribution is -0.114. The molecule has 8 nitrogen and oxygen atoms in total. The molecular weight excluding hydrogens is 406 g/mol. The van der Waals surface area contributed by atoms with E-state index in [1.54, 1.807) is 31.2 Å². The van der Waals surface area contributed by atoms with E-state index in [1.165, 1.54) is 22.5 Å². The van der Waals surface area contributed by atoms with Gasteiger partial charge in [0.2, 0.25) is 15.9 Å². The van der Waals surface area contributed by atoms with Gasteiger partial charge < -0.3 is 15.7 Å². The summed E-state index contributed by atoms with van der Waals surface area (Å²) in [5.41, 5.74) is 1.97. The highest BCUT2D eigenvalue weighted by Gasteiger charge is 2.26. The molecule has 1 heterocycles. The van der Waals surface area contributed by atoms with Crippen molar-refractivity contribution in [2.24, 2.45) is 0 Å². The average Bonchev–Trinajstić information content (AvgIpc) is 2.74. The Morgan fingerprint density at radius 2 is 1.70 bits per heavy atom. The average molecular weight is 432 g/mol. The second kappa shape index (κ2) is 9.27. The van der Waals surface area contributed by atoms with Crippen LogP contribution in [0.25, 0.3) is 0 Å². The molecule has 0 aliphatic carbocycles. The van der Waals surface area contributed by atoms with Crippen LogP contribution in [0.5, 0.6) is 0 Å². The number of carboxylic acid groups (broad SMARTS) is 1. The number of rotatable bonds is 7. The van der Waals surface area contributed by atoms with Crippen molar-refractivity contribution in [3.05, 3.63) is 53.6 Å². The van der Waals surface area contributed by atoms with Crippen molar-refractivity contribution in [1.82, 2.24) is 4.31 Å². The van der Waals surface area contributed by atoms with Crippen molar-refractivity contribution in [3.8, 4) is 0 Å². The van der Waals surface area contributed by atoms with Crippen molar-refractivity contribution in [2.45, 2.75) is 31.1 Å². The van der Waals surface area contributed by atoms with Crippen LogP contribution in [-0.4, -0.2) is 49.3 Å². The smallest absolute Gasteiger partial charge is 0.335 e. The Bertz CT molecular complexity index is 1030. The second-order valence-electron chi connectivity index (χ2n) is 7.23. The van der Waals surface area contributed by atoms with Crippen molar-refractivity contribution in [2.75, 3.05) is 30.3 Å². The molecule has 0 aromatic heterocycles. The number of piperidine rings is 1. The van der Waals surface area contributed by atoms with Gasteiger partial charge in [-0.15, -0.1) is 0 Å². The quantitative estimate of drug-likeness (QED) is 0.621. The largest absolute Gasteiger partial charge is 0.478 e. The van der Waals surface area contributed by atoms with Crippen molar-refractivity contribution < 1.29 is 23.1 Å². The molecule has 0 atom stereocenters. The lowest BCUT2D eigenvalue weighted by Gasteiger charge is -2.26. The van der Waals surface area contributed by atoms with Crippen LogP contribution in [0.15, 0.2) is 47.4 Å². The molecule has 2 aromatic rings. The van der Waals surface area contributed by atoms with Crippen molar-refractivity contribution in [3.63, 3.8) is 0 Å². The maximum absolute atomic E-state index is 12.9. The first-order valence-corrected chi connectivity index (χ1v) is 11.2. The standard InChI is InChI=1S/C21H25N3O5S/c1-15-5-10-18(30(28,29)24-11-3-2-4-12-24)13-19(15)23-20(25)14-22-17-8-6-16(7-9-17)21(26)27/h5-10,13,22H,2-4,11-12,14H2,1H3,(H,23,25)(H,26,27). The van der Waals surface area contributed by atoms with Gasteiger partial charge in [0.15, 0.2) is 0 Å². The van der Waals surface area contributed by atoms with Gasteiger partial charge in [0.05, 0.1) is 17.0 Å². The summed E-state index contributed by atoms with van der Waals surface area (Å²) in [5.74, 6) is -1.36. The van der Waals surface area contributed by atoms with Gasteiger partial charge in [-0.05, 0) is 61.7 Å². The van der Waals surface area contributed by atoms with Crippen LogP contribution in [0.3, 0.4) is 0 Å². The molecule has 0 saturated carbocycles. The van der Waals surface area contributed by atoms with Crippen LogP contribution in [0.2, 0.25) is 0 Å². The molecule has 3 N–H and O–H groups in total. The van der Waals surface area contributed by atoms with Crippen LogP contribution >= 0.6 is 0 Å². The summed E-state index contributed by atoms with van der Waals surface area (Å²) in [6, 6.07) is 10.8. The van der Waals surface area contributed by atoms with E-state index in [-0.39, 0.29) is 22.9 Å². The molecule has 1 saturated heterocycles. The van der Waals surface area contributed by atoms with Crippen LogP contribution in [0.4, 0.5) is 11.4 Å². The zero-order chi connectivity index (χ0) is 21.7. The minimum atomic E-state index is -3.59. The van der Waals surface area contributed by atoms with Gasteiger partial charge in [0, 0.05) is 24.5 Å². The fourth-order valence-electron chi connectivity index (χ4n) is 3.26. The highest BCUT2D eigenvalue weighted by atomic mass is 32.2. The van der Waals surface area contributed by atoms with E-state index in [2.05, 4.69) is 10.6 Å². The Hall–Kier alpha value is -2.91.